The van der Waals surface area contributed by atoms with E-state index >= 15 is 0 Å². The van der Waals surface area contributed by atoms with E-state index in [-0.39, 0.29) is 5.91 Å². The maximum atomic E-state index is 11.5. The molecule has 2 heterocycles. The minimum absolute atomic E-state index is 0.197. The van der Waals surface area contributed by atoms with Crippen LogP contribution in [0, 0.1) is 0 Å². The first-order valence-corrected chi connectivity index (χ1v) is 4.92. The lowest BCUT2D eigenvalue weighted by Gasteiger charge is -2.30. The lowest BCUT2D eigenvalue weighted by Crippen LogP contribution is -2.41. The Morgan fingerprint density at radius 3 is 2.54 bits per heavy atom. The van der Waals surface area contributed by atoms with Crippen molar-refractivity contribution in [2.75, 3.05) is 26.3 Å². The third-order valence-electron chi connectivity index (χ3n) is 2.63. The van der Waals surface area contributed by atoms with E-state index in [1.807, 2.05) is 11.0 Å². The Morgan fingerprint density at radius 1 is 1.31 bits per heavy atom. The summed E-state index contributed by atoms with van der Waals surface area (Å²) < 4.78 is 5.22. The molecule has 0 aliphatic carbocycles. The maximum Gasteiger partial charge on any atom is 0.246 e. The van der Waals surface area contributed by atoms with Gasteiger partial charge in [-0.25, -0.2) is 0 Å². The van der Waals surface area contributed by atoms with Crippen LogP contribution in [0.5, 0.6) is 0 Å². The molecule has 0 aromatic rings. The zero-order valence-electron chi connectivity index (χ0n) is 7.79. The van der Waals surface area contributed by atoms with Crippen LogP contribution in [0.1, 0.15) is 19.3 Å². The normalized spacial score (nSPS) is 22.5. The first kappa shape index (κ1) is 8.75. The molecule has 2 rings (SSSR count). The van der Waals surface area contributed by atoms with Gasteiger partial charge >= 0.3 is 0 Å². The molecule has 0 aromatic heterocycles. The highest BCUT2D eigenvalue weighted by Crippen LogP contribution is 2.15. The summed E-state index contributed by atoms with van der Waals surface area (Å²) in [4.78, 5) is 13.4. The van der Waals surface area contributed by atoms with Crippen LogP contribution in [0.2, 0.25) is 0 Å². The van der Waals surface area contributed by atoms with Gasteiger partial charge in [0.05, 0.1) is 13.2 Å². The molecule has 1 amide bonds. The van der Waals surface area contributed by atoms with E-state index in [9.17, 15) is 4.79 Å². The SMILES string of the molecule is O=C(C=C1CCOCC1)N1CCC1. The zero-order chi connectivity index (χ0) is 9.10. The van der Waals surface area contributed by atoms with Crippen molar-refractivity contribution < 1.29 is 9.53 Å². The summed E-state index contributed by atoms with van der Waals surface area (Å²) >= 11 is 0. The van der Waals surface area contributed by atoms with Gasteiger partial charge in [-0.2, -0.15) is 0 Å². The van der Waals surface area contributed by atoms with Crippen molar-refractivity contribution in [1.29, 1.82) is 0 Å². The molecule has 2 aliphatic rings. The van der Waals surface area contributed by atoms with Gasteiger partial charge < -0.3 is 9.64 Å². The van der Waals surface area contributed by atoms with Crippen LogP contribution in [0.15, 0.2) is 11.6 Å². The highest BCUT2D eigenvalue weighted by atomic mass is 16.5. The quantitative estimate of drug-likeness (QED) is 0.564. The highest BCUT2D eigenvalue weighted by molar-refractivity contribution is 5.88. The largest absolute Gasteiger partial charge is 0.381 e. The minimum atomic E-state index is 0.197. The predicted octanol–water partition coefficient (Wildman–Crippen LogP) is 0.955. The summed E-state index contributed by atoms with van der Waals surface area (Å²) in [6, 6.07) is 0. The Kier molecular flexibility index (Phi) is 2.64. The average molecular weight is 181 g/mol. The molecule has 0 bridgehead atoms. The lowest BCUT2D eigenvalue weighted by atomic mass is 10.1. The number of hydrogen-bond donors (Lipinski definition) is 0. The molecule has 2 aliphatic heterocycles. The average Bonchev–Trinajstić information content (AvgIpc) is 2.02. The molecular formula is C10H15NO2. The van der Waals surface area contributed by atoms with E-state index in [1.54, 1.807) is 0 Å². The van der Waals surface area contributed by atoms with Gasteiger partial charge in [0.25, 0.3) is 0 Å². The lowest BCUT2D eigenvalue weighted by molar-refractivity contribution is -0.129. The molecule has 0 atom stereocenters. The van der Waals surface area contributed by atoms with Crippen molar-refractivity contribution in [2.24, 2.45) is 0 Å². The summed E-state index contributed by atoms with van der Waals surface area (Å²) in [5, 5.41) is 0. The van der Waals surface area contributed by atoms with Crippen molar-refractivity contribution in [1.82, 2.24) is 4.90 Å². The smallest absolute Gasteiger partial charge is 0.246 e. The van der Waals surface area contributed by atoms with Gasteiger partial charge in [0.2, 0.25) is 5.91 Å². The highest BCUT2D eigenvalue weighted by Gasteiger charge is 2.19. The van der Waals surface area contributed by atoms with Gasteiger partial charge in [0.15, 0.2) is 0 Å². The number of carbonyl (C=O) groups excluding carboxylic acids is 1. The predicted molar refractivity (Wildman–Crippen MR) is 49.3 cm³/mol. The van der Waals surface area contributed by atoms with Crippen LogP contribution in [0.4, 0.5) is 0 Å². The summed E-state index contributed by atoms with van der Waals surface area (Å²) in [6.45, 7) is 3.44. The van der Waals surface area contributed by atoms with Crippen molar-refractivity contribution in [3.05, 3.63) is 11.6 Å². The summed E-state index contributed by atoms with van der Waals surface area (Å²) in [6.07, 6.45) is 4.83. The number of hydrogen-bond acceptors (Lipinski definition) is 2. The number of nitrogens with zero attached hydrogens (tertiary/aromatic N) is 1. The van der Waals surface area contributed by atoms with Crippen LogP contribution in [0.3, 0.4) is 0 Å². The zero-order valence-corrected chi connectivity index (χ0v) is 7.79. The van der Waals surface area contributed by atoms with Gasteiger partial charge in [-0.15, -0.1) is 0 Å². The third-order valence-corrected chi connectivity index (χ3v) is 2.63. The molecule has 0 radical (unpaired) electrons. The van der Waals surface area contributed by atoms with Crippen LogP contribution in [-0.4, -0.2) is 37.1 Å². The van der Waals surface area contributed by atoms with Crippen molar-refractivity contribution in [2.45, 2.75) is 19.3 Å². The Labute approximate surface area is 78.4 Å². The molecule has 3 nitrogen and oxygen atoms in total. The third kappa shape index (κ3) is 2.10. The van der Waals surface area contributed by atoms with Gasteiger partial charge in [-0.3, -0.25) is 4.79 Å². The van der Waals surface area contributed by atoms with Crippen LogP contribution in [0.25, 0.3) is 0 Å². The van der Waals surface area contributed by atoms with E-state index in [1.165, 1.54) is 5.57 Å². The van der Waals surface area contributed by atoms with E-state index in [2.05, 4.69) is 0 Å². The molecule has 2 fully saturated rings. The number of amides is 1. The standard InChI is InChI=1S/C10H15NO2/c12-10(11-4-1-5-11)8-9-2-6-13-7-3-9/h8H,1-7H2. The van der Waals surface area contributed by atoms with Crippen molar-refractivity contribution in [3.63, 3.8) is 0 Å². The molecular weight excluding hydrogens is 166 g/mol. The molecule has 2 saturated heterocycles. The van der Waals surface area contributed by atoms with Gasteiger partial charge in [-0.1, -0.05) is 5.57 Å². The number of ether oxygens (including phenoxy) is 1. The fourth-order valence-corrected chi connectivity index (χ4v) is 1.58. The van der Waals surface area contributed by atoms with Gasteiger partial charge in [0.1, 0.15) is 0 Å². The van der Waals surface area contributed by atoms with Crippen LogP contribution < -0.4 is 0 Å². The van der Waals surface area contributed by atoms with Crippen LogP contribution >= 0.6 is 0 Å². The second-order valence-corrected chi connectivity index (χ2v) is 3.59. The monoisotopic (exact) mass is 181 g/mol. The Hall–Kier alpha value is -0.830. The Bertz CT molecular complexity index is 223. The number of rotatable bonds is 1. The second kappa shape index (κ2) is 3.92. The molecule has 0 aromatic carbocycles. The molecule has 13 heavy (non-hydrogen) atoms. The molecule has 72 valence electrons. The fraction of sp³-hybridized carbons (Fsp3) is 0.700. The summed E-state index contributed by atoms with van der Waals surface area (Å²) in [5.41, 5.74) is 1.25. The maximum absolute atomic E-state index is 11.5. The molecule has 0 N–H and O–H groups in total. The Balaban J connectivity index is 1.88. The van der Waals surface area contributed by atoms with Gasteiger partial charge in [0, 0.05) is 19.2 Å². The first-order valence-electron chi connectivity index (χ1n) is 4.92. The first-order chi connectivity index (χ1) is 6.36. The van der Waals surface area contributed by atoms with Crippen LogP contribution in [-0.2, 0) is 9.53 Å². The molecule has 0 saturated carbocycles. The molecule has 0 spiro atoms. The van der Waals surface area contributed by atoms with E-state index in [0.717, 1.165) is 45.6 Å². The topological polar surface area (TPSA) is 29.5 Å². The molecule has 0 unspecified atom stereocenters. The fourth-order valence-electron chi connectivity index (χ4n) is 1.58. The summed E-state index contributed by atoms with van der Waals surface area (Å²) in [5.74, 6) is 0.197. The minimum Gasteiger partial charge on any atom is -0.381 e. The second-order valence-electron chi connectivity index (χ2n) is 3.59. The van der Waals surface area contributed by atoms with Gasteiger partial charge in [-0.05, 0) is 19.3 Å². The van der Waals surface area contributed by atoms with Crippen molar-refractivity contribution >= 4 is 5.91 Å². The van der Waals surface area contributed by atoms with E-state index in [0.29, 0.717) is 0 Å². The number of carbonyl (C=O) groups is 1. The number of likely N-dealkylation sites (tertiary alicyclic amines) is 1. The molecule has 3 heteroatoms. The summed E-state index contributed by atoms with van der Waals surface area (Å²) in [7, 11) is 0. The van der Waals surface area contributed by atoms with E-state index < -0.39 is 0 Å². The van der Waals surface area contributed by atoms with E-state index in [4.69, 9.17) is 4.74 Å². The van der Waals surface area contributed by atoms with Crippen molar-refractivity contribution in [3.8, 4) is 0 Å². The Morgan fingerprint density at radius 2 is 2.00 bits per heavy atom.